The van der Waals surface area contributed by atoms with Crippen molar-refractivity contribution in [3.8, 4) is 0 Å². The van der Waals surface area contributed by atoms with Crippen molar-refractivity contribution in [1.29, 1.82) is 0 Å². The second-order valence-corrected chi connectivity index (χ2v) is 3.22. The number of nitrogens with zero attached hydrogens (tertiary/aromatic N) is 1. The van der Waals surface area contributed by atoms with Crippen LogP contribution in [0.2, 0.25) is 0 Å². The molecule has 1 rings (SSSR count). The van der Waals surface area contributed by atoms with Crippen molar-refractivity contribution in [2.24, 2.45) is 11.7 Å². The molecule has 1 heterocycles. The van der Waals surface area contributed by atoms with Gasteiger partial charge in [0.05, 0.1) is 0 Å². The highest BCUT2D eigenvalue weighted by atomic mass is 16.2. The van der Waals surface area contributed by atoms with Crippen LogP contribution in [-0.4, -0.2) is 37.6 Å². The minimum Gasteiger partial charge on any atom is -0.341 e. The van der Waals surface area contributed by atoms with Gasteiger partial charge < -0.3 is 16.0 Å². The first-order chi connectivity index (χ1) is 5.77. The summed E-state index contributed by atoms with van der Waals surface area (Å²) in [6.07, 6.45) is 2.09. The summed E-state index contributed by atoms with van der Waals surface area (Å²) in [4.78, 5) is 13.0. The molecule has 0 bridgehead atoms. The van der Waals surface area contributed by atoms with Gasteiger partial charge in [-0.3, -0.25) is 0 Å². The average molecular weight is 171 g/mol. The monoisotopic (exact) mass is 171 g/mol. The molecule has 1 aliphatic heterocycles. The summed E-state index contributed by atoms with van der Waals surface area (Å²) >= 11 is 0. The second-order valence-electron chi connectivity index (χ2n) is 3.22. The van der Waals surface area contributed by atoms with Gasteiger partial charge in [0, 0.05) is 20.1 Å². The minimum absolute atomic E-state index is 0.0328. The van der Waals surface area contributed by atoms with E-state index in [1.165, 1.54) is 0 Å². The molecule has 0 unspecified atom stereocenters. The lowest BCUT2D eigenvalue weighted by Gasteiger charge is -2.30. The fraction of sp³-hybridized carbons (Fsp3) is 0.875. The van der Waals surface area contributed by atoms with Crippen molar-refractivity contribution in [2.45, 2.75) is 12.8 Å². The van der Waals surface area contributed by atoms with E-state index in [-0.39, 0.29) is 6.03 Å². The predicted molar refractivity (Wildman–Crippen MR) is 47.8 cm³/mol. The summed E-state index contributed by atoms with van der Waals surface area (Å²) in [5.74, 6) is 0.617. The van der Waals surface area contributed by atoms with E-state index in [1.54, 1.807) is 7.05 Å². The Balaban J connectivity index is 2.30. The molecular weight excluding hydrogens is 154 g/mol. The van der Waals surface area contributed by atoms with Crippen molar-refractivity contribution < 1.29 is 4.79 Å². The third-order valence-corrected chi connectivity index (χ3v) is 2.45. The zero-order chi connectivity index (χ0) is 8.97. The van der Waals surface area contributed by atoms with E-state index >= 15 is 0 Å². The summed E-state index contributed by atoms with van der Waals surface area (Å²) in [5, 5.41) is 2.62. The number of piperidine rings is 1. The Bertz CT molecular complexity index is 152. The second kappa shape index (κ2) is 4.30. The van der Waals surface area contributed by atoms with Crippen molar-refractivity contribution in [1.82, 2.24) is 10.2 Å². The largest absolute Gasteiger partial charge is 0.341 e. The third kappa shape index (κ3) is 2.11. The molecule has 0 aromatic rings. The van der Waals surface area contributed by atoms with Crippen LogP contribution in [0, 0.1) is 5.92 Å². The zero-order valence-electron chi connectivity index (χ0n) is 7.55. The number of carbonyl (C=O) groups excluding carboxylic acids is 1. The van der Waals surface area contributed by atoms with E-state index in [0.717, 1.165) is 32.5 Å². The van der Waals surface area contributed by atoms with Crippen molar-refractivity contribution in [3.05, 3.63) is 0 Å². The van der Waals surface area contributed by atoms with Crippen LogP contribution >= 0.6 is 0 Å². The average Bonchev–Trinajstić information content (AvgIpc) is 2.17. The molecule has 0 aliphatic carbocycles. The van der Waals surface area contributed by atoms with Crippen LogP contribution in [0.5, 0.6) is 0 Å². The van der Waals surface area contributed by atoms with E-state index in [4.69, 9.17) is 5.73 Å². The van der Waals surface area contributed by atoms with Gasteiger partial charge >= 0.3 is 6.03 Å². The lowest BCUT2D eigenvalue weighted by molar-refractivity contribution is 0.174. The van der Waals surface area contributed by atoms with Gasteiger partial charge in [0.1, 0.15) is 0 Å². The zero-order valence-corrected chi connectivity index (χ0v) is 7.55. The van der Waals surface area contributed by atoms with Gasteiger partial charge in [-0.15, -0.1) is 0 Å². The Morgan fingerprint density at radius 3 is 2.58 bits per heavy atom. The lowest BCUT2D eigenvalue weighted by Crippen LogP contribution is -2.44. The van der Waals surface area contributed by atoms with Crippen LogP contribution in [0.25, 0.3) is 0 Å². The van der Waals surface area contributed by atoms with E-state index in [2.05, 4.69) is 5.32 Å². The first kappa shape index (κ1) is 9.32. The predicted octanol–water partition coefficient (Wildman–Crippen LogP) is -0.00350. The maximum atomic E-state index is 11.1. The molecule has 0 atom stereocenters. The standard InChI is InChI=1S/C8H17N3O/c1-10-8(12)11-4-2-7(6-9)3-5-11/h7H,2-6,9H2,1H3,(H,10,12). The Kier molecular flexibility index (Phi) is 3.34. The van der Waals surface area contributed by atoms with Gasteiger partial charge in [-0.05, 0) is 25.3 Å². The topological polar surface area (TPSA) is 58.4 Å². The molecular formula is C8H17N3O. The maximum absolute atomic E-state index is 11.1. The normalized spacial score (nSPS) is 19.3. The molecule has 12 heavy (non-hydrogen) atoms. The summed E-state index contributed by atoms with van der Waals surface area (Å²) in [6, 6.07) is 0.0328. The summed E-state index contributed by atoms with van der Waals surface area (Å²) in [5.41, 5.74) is 5.54. The lowest BCUT2D eigenvalue weighted by atomic mass is 9.97. The van der Waals surface area contributed by atoms with Crippen LogP contribution in [0.3, 0.4) is 0 Å². The number of likely N-dealkylation sites (tertiary alicyclic amines) is 1. The van der Waals surface area contributed by atoms with Crippen LogP contribution in [0.15, 0.2) is 0 Å². The molecule has 4 nitrogen and oxygen atoms in total. The maximum Gasteiger partial charge on any atom is 0.317 e. The Labute approximate surface area is 73.1 Å². The smallest absolute Gasteiger partial charge is 0.317 e. The third-order valence-electron chi connectivity index (χ3n) is 2.45. The van der Waals surface area contributed by atoms with Crippen LogP contribution < -0.4 is 11.1 Å². The first-order valence-electron chi connectivity index (χ1n) is 4.44. The molecule has 0 aromatic carbocycles. The number of hydrogen-bond donors (Lipinski definition) is 2. The highest BCUT2D eigenvalue weighted by Gasteiger charge is 2.20. The number of amides is 2. The van der Waals surface area contributed by atoms with Gasteiger partial charge in [-0.1, -0.05) is 0 Å². The highest BCUT2D eigenvalue weighted by Crippen LogP contribution is 2.15. The van der Waals surface area contributed by atoms with Gasteiger partial charge in [-0.2, -0.15) is 0 Å². The summed E-state index contributed by atoms with van der Waals surface area (Å²) < 4.78 is 0. The fourth-order valence-corrected chi connectivity index (χ4v) is 1.53. The molecule has 0 saturated carbocycles. The van der Waals surface area contributed by atoms with E-state index in [9.17, 15) is 4.79 Å². The molecule has 0 spiro atoms. The minimum atomic E-state index is 0.0328. The van der Waals surface area contributed by atoms with Crippen molar-refractivity contribution >= 4 is 6.03 Å². The fourth-order valence-electron chi connectivity index (χ4n) is 1.53. The molecule has 1 aliphatic rings. The number of urea groups is 1. The van der Waals surface area contributed by atoms with Crippen LogP contribution in [0.1, 0.15) is 12.8 Å². The summed E-state index contributed by atoms with van der Waals surface area (Å²) in [6.45, 7) is 2.45. The summed E-state index contributed by atoms with van der Waals surface area (Å²) in [7, 11) is 1.66. The molecule has 4 heteroatoms. The first-order valence-corrected chi connectivity index (χ1v) is 4.44. The Morgan fingerprint density at radius 1 is 1.58 bits per heavy atom. The van der Waals surface area contributed by atoms with Gasteiger partial charge in [0.2, 0.25) is 0 Å². The Morgan fingerprint density at radius 2 is 2.17 bits per heavy atom. The van der Waals surface area contributed by atoms with Gasteiger partial charge in [-0.25, -0.2) is 4.79 Å². The van der Waals surface area contributed by atoms with Crippen LogP contribution in [-0.2, 0) is 0 Å². The number of nitrogens with two attached hydrogens (primary N) is 1. The molecule has 2 amide bonds. The SMILES string of the molecule is CNC(=O)N1CCC(CN)CC1. The molecule has 3 N–H and O–H groups in total. The quantitative estimate of drug-likeness (QED) is 0.583. The number of rotatable bonds is 1. The highest BCUT2D eigenvalue weighted by molar-refractivity contribution is 5.73. The number of carbonyl (C=O) groups is 1. The van der Waals surface area contributed by atoms with Gasteiger partial charge in [0.25, 0.3) is 0 Å². The van der Waals surface area contributed by atoms with E-state index in [1.807, 2.05) is 4.90 Å². The van der Waals surface area contributed by atoms with Crippen molar-refractivity contribution in [3.63, 3.8) is 0 Å². The van der Waals surface area contributed by atoms with Gasteiger partial charge in [0.15, 0.2) is 0 Å². The van der Waals surface area contributed by atoms with Crippen LogP contribution in [0.4, 0.5) is 4.79 Å². The molecule has 1 fully saturated rings. The van der Waals surface area contributed by atoms with E-state index < -0.39 is 0 Å². The van der Waals surface area contributed by atoms with E-state index in [0.29, 0.717) is 5.92 Å². The molecule has 0 radical (unpaired) electrons. The molecule has 0 aromatic heterocycles. The van der Waals surface area contributed by atoms with Crippen molar-refractivity contribution in [2.75, 3.05) is 26.7 Å². The molecule has 70 valence electrons. The Hall–Kier alpha value is -0.770. The number of hydrogen-bond acceptors (Lipinski definition) is 2. The number of nitrogens with one attached hydrogen (secondary N) is 1. The molecule has 1 saturated heterocycles.